The molecule has 2 nitrogen and oxygen atoms in total. The third kappa shape index (κ3) is 2.43. The molecular weight excluding hydrogens is 304 g/mol. The minimum Gasteiger partial charge on any atom is -0.361 e. The topological polar surface area (TPSA) is 24.1 Å². The molecule has 0 amide bonds. The third-order valence-corrected chi connectivity index (χ3v) is 4.86. The average molecular weight is 322 g/mol. The van der Waals surface area contributed by atoms with Gasteiger partial charge in [-0.05, 0) is 34.2 Å². The van der Waals surface area contributed by atoms with E-state index in [0.29, 0.717) is 0 Å². The van der Waals surface area contributed by atoms with E-state index in [-0.39, 0.29) is 6.17 Å². The summed E-state index contributed by atoms with van der Waals surface area (Å²) in [7, 11) is 0. The zero-order chi connectivity index (χ0) is 16.6. The van der Waals surface area contributed by atoms with Crippen LogP contribution in [0.3, 0.4) is 0 Å². The summed E-state index contributed by atoms with van der Waals surface area (Å²) in [6.45, 7) is 0. The highest BCUT2D eigenvalue weighted by molar-refractivity contribution is 6.04. The Morgan fingerprint density at radius 1 is 0.520 bits per heavy atom. The molecule has 0 radical (unpaired) electrons. The molecule has 0 spiro atoms. The summed E-state index contributed by atoms with van der Waals surface area (Å²) in [4.78, 5) is 0. The predicted octanol–water partition coefficient (Wildman–Crippen LogP) is 6.04. The molecule has 0 fully saturated rings. The lowest BCUT2D eigenvalue weighted by molar-refractivity contribution is 0.897. The fourth-order valence-electron chi connectivity index (χ4n) is 3.59. The van der Waals surface area contributed by atoms with Crippen LogP contribution in [0.1, 0.15) is 11.7 Å². The molecule has 1 heterocycles. The first-order valence-corrected chi connectivity index (χ1v) is 8.59. The van der Waals surface area contributed by atoms with Crippen molar-refractivity contribution >= 4 is 22.1 Å². The largest absolute Gasteiger partial charge is 0.361 e. The maximum Gasteiger partial charge on any atom is 0.123 e. The number of nitrogens with one attached hydrogen (secondary N) is 2. The Balaban J connectivity index is 1.49. The van der Waals surface area contributed by atoms with Crippen LogP contribution < -0.4 is 10.6 Å². The molecule has 2 N–H and O–H groups in total. The highest BCUT2D eigenvalue weighted by Gasteiger charge is 2.19. The SMILES string of the molecule is c1ccc(-c2ccc(C3Nc4cccc5cccc(c45)N3)cc2)cc1. The quantitative estimate of drug-likeness (QED) is 0.470. The van der Waals surface area contributed by atoms with Gasteiger partial charge in [0.1, 0.15) is 6.17 Å². The lowest BCUT2D eigenvalue weighted by atomic mass is 10.00. The molecule has 5 rings (SSSR count). The molecule has 0 bridgehead atoms. The lowest BCUT2D eigenvalue weighted by Crippen LogP contribution is -2.23. The monoisotopic (exact) mass is 322 g/mol. The van der Waals surface area contributed by atoms with Gasteiger partial charge >= 0.3 is 0 Å². The second kappa shape index (κ2) is 5.67. The number of rotatable bonds is 2. The average Bonchev–Trinajstić information content (AvgIpc) is 2.69. The van der Waals surface area contributed by atoms with E-state index in [9.17, 15) is 0 Å². The molecule has 120 valence electrons. The summed E-state index contributed by atoms with van der Waals surface area (Å²) in [6.07, 6.45) is 0.0744. The normalized spacial score (nSPS) is 13.3. The zero-order valence-electron chi connectivity index (χ0n) is 13.7. The number of benzene rings is 4. The predicted molar refractivity (Wildman–Crippen MR) is 106 cm³/mol. The van der Waals surface area contributed by atoms with Crippen molar-refractivity contribution in [3.63, 3.8) is 0 Å². The fourth-order valence-corrected chi connectivity index (χ4v) is 3.59. The van der Waals surface area contributed by atoms with Crippen molar-refractivity contribution in [2.75, 3.05) is 10.6 Å². The van der Waals surface area contributed by atoms with E-state index in [2.05, 4.69) is 95.6 Å². The second-order valence-corrected chi connectivity index (χ2v) is 6.42. The van der Waals surface area contributed by atoms with Crippen LogP contribution in [0, 0.1) is 0 Å². The van der Waals surface area contributed by atoms with Gasteiger partial charge in [0.05, 0.1) is 0 Å². The summed E-state index contributed by atoms with van der Waals surface area (Å²) in [5.41, 5.74) is 6.08. The van der Waals surface area contributed by atoms with Gasteiger partial charge in [0, 0.05) is 16.8 Å². The Hall–Kier alpha value is -3.26. The molecule has 0 aliphatic carbocycles. The number of anilines is 2. The van der Waals surface area contributed by atoms with Crippen molar-refractivity contribution in [3.8, 4) is 11.1 Å². The molecule has 1 aliphatic rings. The van der Waals surface area contributed by atoms with Crippen molar-refractivity contribution < 1.29 is 0 Å². The Morgan fingerprint density at radius 3 is 1.76 bits per heavy atom. The molecular formula is C23H18N2. The van der Waals surface area contributed by atoms with Crippen molar-refractivity contribution in [1.82, 2.24) is 0 Å². The highest BCUT2D eigenvalue weighted by Crippen LogP contribution is 2.38. The van der Waals surface area contributed by atoms with Crippen molar-refractivity contribution in [2.45, 2.75) is 6.17 Å². The van der Waals surface area contributed by atoms with Crippen LogP contribution in [0.15, 0.2) is 91.0 Å². The first-order chi connectivity index (χ1) is 12.4. The van der Waals surface area contributed by atoms with Crippen LogP contribution in [0.25, 0.3) is 21.9 Å². The maximum absolute atomic E-state index is 3.63. The Kier molecular flexibility index (Phi) is 3.20. The molecule has 0 saturated heterocycles. The summed E-state index contributed by atoms with van der Waals surface area (Å²) in [5.74, 6) is 0. The summed E-state index contributed by atoms with van der Waals surface area (Å²) in [6, 6.07) is 32.1. The van der Waals surface area contributed by atoms with Gasteiger partial charge in [0.15, 0.2) is 0 Å². The van der Waals surface area contributed by atoms with Crippen LogP contribution in [-0.4, -0.2) is 0 Å². The molecule has 4 aromatic carbocycles. The second-order valence-electron chi connectivity index (χ2n) is 6.42. The Bertz CT molecular complexity index is 996. The fraction of sp³-hybridized carbons (Fsp3) is 0.0435. The van der Waals surface area contributed by atoms with Gasteiger partial charge in [-0.25, -0.2) is 0 Å². The van der Waals surface area contributed by atoms with Crippen LogP contribution in [0.4, 0.5) is 11.4 Å². The van der Waals surface area contributed by atoms with E-state index in [1.165, 1.54) is 38.8 Å². The van der Waals surface area contributed by atoms with Crippen molar-refractivity contribution in [1.29, 1.82) is 0 Å². The van der Waals surface area contributed by atoms with E-state index in [0.717, 1.165) is 0 Å². The van der Waals surface area contributed by atoms with E-state index in [1.54, 1.807) is 0 Å². The number of hydrogen-bond donors (Lipinski definition) is 2. The van der Waals surface area contributed by atoms with Crippen LogP contribution in [-0.2, 0) is 0 Å². The molecule has 0 unspecified atom stereocenters. The molecule has 1 aliphatic heterocycles. The minimum absolute atomic E-state index is 0.0744. The summed E-state index contributed by atoms with van der Waals surface area (Å²) >= 11 is 0. The van der Waals surface area contributed by atoms with Crippen molar-refractivity contribution in [2.24, 2.45) is 0 Å². The summed E-state index contributed by atoms with van der Waals surface area (Å²) < 4.78 is 0. The molecule has 0 atom stereocenters. The Labute approximate surface area is 147 Å². The number of hydrogen-bond acceptors (Lipinski definition) is 2. The van der Waals surface area contributed by atoms with Gasteiger partial charge in [-0.3, -0.25) is 0 Å². The Morgan fingerprint density at radius 2 is 1.12 bits per heavy atom. The first kappa shape index (κ1) is 14.1. The minimum atomic E-state index is 0.0744. The van der Waals surface area contributed by atoms with Gasteiger partial charge in [0.25, 0.3) is 0 Å². The van der Waals surface area contributed by atoms with Gasteiger partial charge in [-0.1, -0.05) is 78.9 Å². The molecule has 4 aromatic rings. The molecule has 0 saturated carbocycles. The van der Waals surface area contributed by atoms with Crippen LogP contribution >= 0.6 is 0 Å². The molecule has 25 heavy (non-hydrogen) atoms. The standard InChI is InChI=1S/C23H18N2/c1-2-6-16(7-3-1)17-12-14-19(15-13-17)23-24-20-10-4-8-18-9-5-11-21(25-23)22(18)20/h1-15,23-25H. The van der Waals surface area contributed by atoms with Gasteiger partial charge < -0.3 is 10.6 Å². The van der Waals surface area contributed by atoms with Gasteiger partial charge in [-0.15, -0.1) is 0 Å². The third-order valence-electron chi connectivity index (χ3n) is 4.86. The maximum atomic E-state index is 3.63. The van der Waals surface area contributed by atoms with Crippen molar-refractivity contribution in [3.05, 3.63) is 96.6 Å². The summed E-state index contributed by atoms with van der Waals surface area (Å²) in [5, 5.41) is 9.77. The van der Waals surface area contributed by atoms with E-state index < -0.39 is 0 Å². The van der Waals surface area contributed by atoms with Crippen LogP contribution in [0.2, 0.25) is 0 Å². The van der Waals surface area contributed by atoms with E-state index in [4.69, 9.17) is 0 Å². The van der Waals surface area contributed by atoms with E-state index in [1.807, 2.05) is 6.07 Å². The highest BCUT2D eigenvalue weighted by atomic mass is 15.1. The van der Waals surface area contributed by atoms with Gasteiger partial charge in [-0.2, -0.15) is 0 Å². The van der Waals surface area contributed by atoms with Gasteiger partial charge in [0.2, 0.25) is 0 Å². The molecule has 2 heteroatoms. The first-order valence-electron chi connectivity index (χ1n) is 8.59. The lowest BCUT2D eigenvalue weighted by Gasteiger charge is -2.30. The van der Waals surface area contributed by atoms with E-state index >= 15 is 0 Å². The van der Waals surface area contributed by atoms with Crippen LogP contribution in [0.5, 0.6) is 0 Å². The zero-order valence-corrected chi connectivity index (χ0v) is 13.7. The molecule has 0 aromatic heterocycles. The smallest absolute Gasteiger partial charge is 0.123 e.